The number of thioether (sulfide) groups is 1. The zero-order valence-corrected chi connectivity index (χ0v) is 15.2. The van der Waals surface area contributed by atoms with Crippen LogP contribution in [0.5, 0.6) is 5.75 Å². The zero-order valence-electron chi connectivity index (χ0n) is 14.4. The van der Waals surface area contributed by atoms with Crippen LogP contribution in [0.1, 0.15) is 33.3 Å². The van der Waals surface area contributed by atoms with Gasteiger partial charge in [-0.2, -0.15) is 0 Å². The predicted molar refractivity (Wildman–Crippen MR) is 95.7 cm³/mol. The van der Waals surface area contributed by atoms with Gasteiger partial charge < -0.3 is 9.84 Å². The van der Waals surface area contributed by atoms with E-state index in [1.165, 1.54) is 16.7 Å². The van der Waals surface area contributed by atoms with Gasteiger partial charge >= 0.3 is 0 Å². The van der Waals surface area contributed by atoms with E-state index < -0.39 is 0 Å². The topological polar surface area (TPSA) is 66.8 Å². The van der Waals surface area contributed by atoms with Crippen LogP contribution in [0, 0.1) is 0 Å². The maximum Gasteiger partial charge on any atom is 0.268 e. The number of benzene rings is 1. The zero-order chi connectivity index (χ0) is 17.9. The van der Waals surface area contributed by atoms with E-state index in [1.807, 2.05) is 27.7 Å². The Balaban J connectivity index is 2.40. The molecule has 1 aromatic carbocycles. The van der Waals surface area contributed by atoms with Crippen molar-refractivity contribution in [2.75, 3.05) is 12.4 Å². The van der Waals surface area contributed by atoms with Crippen LogP contribution in [-0.4, -0.2) is 46.3 Å². The van der Waals surface area contributed by atoms with Gasteiger partial charge in [-0.25, -0.2) is 0 Å². The summed E-state index contributed by atoms with van der Waals surface area (Å²) < 4.78 is 5.61. The number of aliphatic hydroxyl groups is 1. The van der Waals surface area contributed by atoms with Crippen LogP contribution in [0.3, 0.4) is 0 Å². The Labute approximate surface area is 146 Å². The quantitative estimate of drug-likeness (QED) is 0.767. The van der Waals surface area contributed by atoms with Gasteiger partial charge in [0.1, 0.15) is 5.75 Å². The van der Waals surface area contributed by atoms with Crippen LogP contribution < -0.4 is 4.74 Å². The van der Waals surface area contributed by atoms with Gasteiger partial charge in [-0.05, 0) is 45.4 Å². The van der Waals surface area contributed by atoms with Crippen LogP contribution >= 0.6 is 11.8 Å². The number of ether oxygens (including phenoxy) is 1. The van der Waals surface area contributed by atoms with Crippen LogP contribution in [0.4, 0.5) is 0 Å². The van der Waals surface area contributed by atoms with Crippen molar-refractivity contribution in [1.82, 2.24) is 4.90 Å². The lowest BCUT2D eigenvalue weighted by Gasteiger charge is -2.19. The van der Waals surface area contributed by atoms with Gasteiger partial charge in [-0.3, -0.25) is 14.5 Å². The minimum atomic E-state index is -0.286. The van der Waals surface area contributed by atoms with Gasteiger partial charge in [0, 0.05) is 11.8 Å². The first kappa shape index (κ1) is 18.5. The predicted octanol–water partition coefficient (Wildman–Crippen LogP) is 2.69. The number of hydrogen-bond donors (Lipinski definition) is 1. The standard InChI is InChI=1S/C18H23NO4S/c1-11(2)19-17(21)15(16(18(19)22)24-10-9-20)13-5-7-14(8-6-13)23-12(3)4/h5-8,11-12,20H,9-10H2,1-4H3. The summed E-state index contributed by atoms with van der Waals surface area (Å²) in [5.74, 6) is 0.522. The Morgan fingerprint density at radius 3 is 2.21 bits per heavy atom. The van der Waals surface area contributed by atoms with Crippen LogP contribution in [0.2, 0.25) is 0 Å². The number of carbonyl (C=O) groups is 2. The Kier molecular flexibility index (Phi) is 6.07. The number of rotatable bonds is 7. The van der Waals surface area contributed by atoms with Crippen molar-refractivity contribution >= 4 is 29.1 Å². The highest BCUT2D eigenvalue weighted by Gasteiger charge is 2.40. The van der Waals surface area contributed by atoms with Crippen molar-refractivity contribution in [2.24, 2.45) is 0 Å². The van der Waals surface area contributed by atoms with Gasteiger partial charge in [0.2, 0.25) is 0 Å². The largest absolute Gasteiger partial charge is 0.491 e. The molecule has 0 aromatic heterocycles. The number of aliphatic hydroxyl groups excluding tert-OH is 1. The van der Waals surface area contributed by atoms with Crippen molar-refractivity contribution in [1.29, 1.82) is 0 Å². The number of imide groups is 1. The molecule has 1 heterocycles. The SMILES string of the molecule is CC(C)Oc1ccc(C2=C(SCCO)C(=O)N(C(C)C)C2=O)cc1. The highest BCUT2D eigenvalue weighted by molar-refractivity contribution is 8.04. The molecule has 6 heteroatoms. The van der Waals surface area contributed by atoms with E-state index in [2.05, 4.69) is 0 Å². The molecule has 1 aliphatic heterocycles. The molecule has 5 nitrogen and oxygen atoms in total. The molecule has 0 saturated heterocycles. The monoisotopic (exact) mass is 349 g/mol. The van der Waals surface area contributed by atoms with E-state index >= 15 is 0 Å². The molecular formula is C18H23NO4S. The normalized spacial score (nSPS) is 15.2. The minimum Gasteiger partial charge on any atom is -0.491 e. The third-order valence-electron chi connectivity index (χ3n) is 3.44. The van der Waals surface area contributed by atoms with Gasteiger partial charge in [-0.15, -0.1) is 11.8 Å². The second-order valence-electron chi connectivity index (χ2n) is 6.04. The second kappa shape index (κ2) is 7.85. The van der Waals surface area contributed by atoms with E-state index in [0.29, 0.717) is 21.8 Å². The van der Waals surface area contributed by atoms with Crippen LogP contribution in [0.25, 0.3) is 5.57 Å². The first-order valence-corrected chi connectivity index (χ1v) is 8.98. The van der Waals surface area contributed by atoms with Crippen molar-refractivity contribution in [3.63, 3.8) is 0 Å². The molecule has 0 spiro atoms. The van der Waals surface area contributed by atoms with E-state index in [1.54, 1.807) is 24.3 Å². The van der Waals surface area contributed by atoms with E-state index in [4.69, 9.17) is 9.84 Å². The molecule has 0 saturated carbocycles. The molecule has 0 aliphatic carbocycles. The Hall–Kier alpha value is -1.79. The fourth-order valence-corrected chi connectivity index (χ4v) is 3.37. The third kappa shape index (κ3) is 3.82. The Bertz CT molecular complexity index is 649. The molecule has 0 atom stereocenters. The summed E-state index contributed by atoms with van der Waals surface area (Å²) in [4.78, 5) is 27.0. The first-order valence-electron chi connectivity index (χ1n) is 7.99. The highest BCUT2D eigenvalue weighted by Crippen LogP contribution is 2.37. The summed E-state index contributed by atoms with van der Waals surface area (Å²) in [6.07, 6.45) is 0.0665. The molecule has 2 rings (SSSR count). The Morgan fingerprint density at radius 1 is 1.08 bits per heavy atom. The summed E-state index contributed by atoms with van der Waals surface area (Å²) in [6.45, 7) is 7.46. The lowest BCUT2D eigenvalue weighted by molar-refractivity contribution is -0.138. The van der Waals surface area contributed by atoms with Crippen molar-refractivity contribution in [3.05, 3.63) is 34.7 Å². The molecule has 1 aromatic rings. The first-order chi connectivity index (χ1) is 11.4. The lowest BCUT2D eigenvalue weighted by Crippen LogP contribution is -2.37. The van der Waals surface area contributed by atoms with E-state index in [-0.39, 0.29) is 30.6 Å². The highest BCUT2D eigenvalue weighted by atomic mass is 32.2. The molecule has 24 heavy (non-hydrogen) atoms. The number of amides is 2. The van der Waals surface area contributed by atoms with E-state index in [0.717, 1.165) is 5.75 Å². The molecule has 0 bridgehead atoms. The summed E-state index contributed by atoms with van der Waals surface area (Å²) in [6, 6.07) is 6.97. The fraction of sp³-hybridized carbons (Fsp3) is 0.444. The van der Waals surface area contributed by atoms with Crippen molar-refractivity contribution in [2.45, 2.75) is 39.8 Å². The molecule has 0 fully saturated rings. The van der Waals surface area contributed by atoms with Crippen molar-refractivity contribution < 1.29 is 19.4 Å². The van der Waals surface area contributed by atoms with Crippen LogP contribution in [-0.2, 0) is 9.59 Å². The fourth-order valence-electron chi connectivity index (χ4n) is 2.50. The van der Waals surface area contributed by atoms with Gasteiger partial charge in [0.25, 0.3) is 11.8 Å². The number of hydrogen-bond acceptors (Lipinski definition) is 5. The molecule has 2 amide bonds. The molecule has 1 aliphatic rings. The molecule has 1 N–H and O–H groups in total. The lowest BCUT2D eigenvalue weighted by atomic mass is 10.1. The van der Waals surface area contributed by atoms with Crippen molar-refractivity contribution in [3.8, 4) is 5.75 Å². The smallest absolute Gasteiger partial charge is 0.268 e. The molecular weight excluding hydrogens is 326 g/mol. The minimum absolute atomic E-state index is 0.0498. The van der Waals surface area contributed by atoms with Gasteiger partial charge in [0.15, 0.2) is 0 Å². The average Bonchev–Trinajstić information content (AvgIpc) is 2.76. The molecule has 130 valence electrons. The molecule has 0 radical (unpaired) electrons. The second-order valence-corrected chi connectivity index (χ2v) is 7.15. The van der Waals surface area contributed by atoms with Crippen LogP contribution in [0.15, 0.2) is 29.2 Å². The van der Waals surface area contributed by atoms with Gasteiger partial charge in [0.05, 0.1) is 23.2 Å². The summed E-state index contributed by atoms with van der Waals surface area (Å²) in [7, 11) is 0. The summed E-state index contributed by atoms with van der Waals surface area (Å²) >= 11 is 1.22. The van der Waals surface area contributed by atoms with E-state index in [9.17, 15) is 9.59 Å². The van der Waals surface area contributed by atoms with Gasteiger partial charge in [-0.1, -0.05) is 12.1 Å². The summed E-state index contributed by atoms with van der Waals surface area (Å²) in [5.41, 5.74) is 1.09. The number of nitrogens with zero attached hydrogens (tertiary/aromatic N) is 1. The third-order valence-corrected chi connectivity index (χ3v) is 4.50. The number of carbonyl (C=O) groups excluding carboxylic acids is 2. The molecule has 0 unspecified atom stereocenters. The maximum atomic E-state index is 12.7. The maximum absolute atomic E-state index is 12.7. The Morgan fingerprint density at radius 2 is 1.71 bits per heavy atom. The summed E-state index contributed by atoms with van der Waals surface area (Å²) in [5, 5.41) is 9.06. The average molecular weight is 349 g/mol.